The van der Waals surface area contributed by atoms with Crippen molar-refractivity contribution in [2.45, 2.75) is 32.8 Å². The first-order valence-corrected chi connectivity index (χ1v) is 6.25. The van der Waals surface area contributed by atoms with Crippen molar-refractivity contribution in [1.82, 2.24) is 9.78 Å². The van der Waals surface area contributed by atoms with Crippen LogP contribution in [-0.4, -0.2) is 14.9 Å². The molecule has 18 heavy (non-hydrogen) atoms. The van der Waals surface area contributed by atoms with Crippen LogP contribution in [0.15, 0.2) is 30.5 Å². The minimum atomic E-state index is -0.0305. The zero-order chi connectivity index (χ0) is 13.3. The average molecular weight is 265 g/mol. The fourth-order valence-electron chi connectivity index (χ4n) is 1.74. The maximum Gasteiger partial charge on any atom is 0.0715 e. The Morgan fingerprint density at radius 2 is 2.00 bits per heavy atom. The molecule has 0 fully saturated rings. The van der Waals surface area contributed by atoms with E-state index in [0.717, 1.165) is 16.9 Å². The van der Waals surface area contributed by atoms with E-state index in [1.165, 1.54) is 0 Å². The van der Waals surface area contributed by atoms with Crippen LogP contribution in [0.4, 0.5) is 0 Å². The van der Waals surface area contributed by atoms with Gasteiger partial charge >= 0.3 is 0 Å². The zero-order valence-corrected chi connectivity index (χ0v) is 11.6. The molecule has 0 atom stereocenters. The molecule has 1 N–H and O–H groups in total. The summed E-state index contributed by atoms with van der Waals surface area (Å²) in [6.07, 6.45) is 1.89. The van der Waals surface area contributed by atoms with E-state index < -0.39 is 0 Å². The summed E-state index contributed by atoms with van der Waals surface area (Å²) in [6, 6.07) is 7.38. The lowest BCUT2D eigenvalue weighted by Gasteiger charge is -2.14. The Balaban J connectivity index is 2.49. The molecule has 0 bridgehead atoms. The topological polar surface area (TPSA) is 38.0 Å². The molecule has 2 rings (SSSR count). The van der Waals surface area contributed by atoms with Crippen LogP contribution in [-0.2, 0) is 12.0 Å². The van der Waals surface area contributed by atoms with Crippen molar-refractivity contribution in [3.8, 4) is 5.69 Å². The van der Waals surface area contributed by atoms with Crippen molar-refractivity contribution >= 4 is 11.6 Å². The highest BCUT2D eigenvalue weighted by atomic mass is 35.5. The second-order valence-corrected chi connectivity index (χ2v) is 5.76. The number of aliphatic hydroxyl groups excluding tert-OH is 1. The first-order valence-electron chi connectivity index (χ1n) is 5.87. The van der Waals surface area contributed by atoms with Crippen molar-refractivity contribution in [2.75, 3.05) is 0 Å². The third kappa shape index (κ3) is 2.57. The molecule has 0 aliphatic carbocycles. The Morgan fingerprint density at radius 3 is 2.56 bits per heavy atom. The first kappa shape index (κ1) is 13.1. The van der Waals surface area contributed by atoms with Gasteiger partial charge in [0.25, 0.3) is 0 Å². The van der Waals surface area contributed by atoms with Gasteiger partial charge in [-0.2, -0.15) is 5.10 Å². The molecule has 0 unspecified atom stereocenters. The summed E-state index contributed by atoms with van der Waals surface area (Å²) in [5.41, 5.74) is 2.64. The third-order valence-electron chi connectivity index (χ3n) is 2.82. The number of hydrogen-bond acceptors (Lipinski definition) is 2. The van der Waals surface area contributed by atoms with Crippen LogP contribution in [0, 0.1) is 0 Å². The summed E-state index contributed by atoms with van der Waals surface area (Å²) in [5.74, 6) is 0. The molecular formula is C14H17ClN2O. The first-order chi connectivity index (χ1) is 8.41. The number of hydrogen-bond donors (Lipinski definition) is 1. The SMILES string of the molecule is CC(C)(C)c1ccn(-c2cc(Cl)ccc2CO)n1. The second-order valence-electron chi connectivity index (χ2n) is 5.33. The van der Waals surface area contributed by atoms with Crippen LogP contribution in [0.2, 0.25) is 5.02 Å². The summed E-state index contributed by atoms with van der Waals surface area (Å²) in [4.78, 5) is 0. The molecule has 1 aromatic heterocycles. The molecule has 3 nitrogen and oxygen atoms in total. The third-order valence-corrected chi connectivity index (χ3v) is 3.06. The second kappa shape index (κ2) is 4.75. The fraction of sp³-hybridized carbons (Fsp3) is 0.357. The maximum atomic E-state index is 9.35. The fourth-order valence-corrected chi connectivity index (χ4v) is 1.91. The van der Waals surface area contributed by atoms with Gasteiger partial charge in [0.05, 0.1) is 18.0 Å². The molecule has 1 aromatic carbocycles. The van der Waals surface area contributed by atoms with Crippen LogP contribution in [0.1, 0.15) is 32.0 Å². The van der Waals surface area contributed by atoms with Gasteiger partial charge in [-0.1, -0.05) is 38.4 Å². The molecular weight excluding hydrogens is 248 g/mol. The molecule has 0 saturated heterocycles. The van der Waals surface area contributed by atoms with E-state index in [-0.39, 0.29) is 12.0 Å². The van der Waals surface area contributed by atoms with Crippen LogP contribution in [0.5, 0.6) is 0 Å². The van der Waals surface area contributed by atoms with Crippen molar-refractivity contribution in [3.05, 3.63) is 46.7 Å². The molecule has 0 aliphatic heterocycles. The summed E-state index contributed by atoms with van der Waals surface area (Å²) in [5, 5.41) is 14.5. The number of benzene rings is 1. The average Bonchev–Trinajstić information content (AvgIpc) is 2.77. The zero-order valence-electron chi connectivity index (χ0n) is 10.8. The van der Waals surface area contributed by atoms with Gasteiger partial charge in [0, 0.05) is 22.2 Å². The van der Waals surface area contributed by atoms with Gasteiger partial charge in [-0.15, -0.1) is 0 Å². The highest BCUT2D eigenvalue weighted by Crippen LogP contribution is 2.23. The number of halogens is 1. The quantitative estimate of drug-likeness (QED) is 0.904. The number of nitrogens with zero attached hydrogens (tertiary/aromatic N) is 2. The van der Waals surface area contributed by atoms with E-state index in [1.54, 1.807) is 10.7 Å². The Bertz CT molecular complexity index is 555. The number of aliphatic hydroxyl groups is 1. The molecule has 0 saturated carbocycles. The minimum Gasteiger partial charge on any atom is -0.392 e. The van der Waals surface area contributed by atoms with Gasteiger partial charge < -0.3 is 5.11 Å². The lowest BCUT2D eigenvalue weighted by Crippen LogP contribution is -2.13. The van der Waals surface area contributed by atoms with E-state index in [1.807, 2.05) is 24.4 Å². The summed E-state index contributed by atoms with van der Waals surface area (Å²) < 4.78 is 1.76. The molecule has 2 aromatic rings. The van der Waals surface area contributed by atoms with E-state index in [2.05, 4.69) is 25.9 Å². The molecule has 0 spiro atoms. The highest BCUT2D eigenvalue weighted by molar-refractivity contribution is 6.30. The van der Waals surface area contributed by atoms with Gasteiger partial charge in [-0.05, 0) is 18.2 Å². The van der Waals surface area contributed by atoms with Crippen molar-refractivity contribution in [2.24, 2.45) is 0 Å². The van der Waals surface area contributed by atoms with Crippen LogP contribution in [0.3, 0.4) is 0 Å². The minimum absolute atomic E-state index is 0.00318. The number of aromatic nitrogens is 2. The summed E-state index contributed by atoms with van der Waals surface area (Å²) in [7, 11) is 0. The predicted octanol–water partition coefficient (Wildman–Crippen LogP) is 3.32. The van der Waals surface area contributed by atoms with Gasteiger partial charge in [-0.3, -0.25) is 0 Å². The Kier molecular flexibility index (Phi) is 3.46. The van der Waals surface area contributed by atoms with Gasteiger partial charge in [0.2, 0.25) is 0 Å². The smallest absolute Gasteiger partial charge is 0.0715 e. The molecule has 96 valence electrons. The van der Waals surface area contributed by atoms with Crippen molar-refractivity contribution < 1.29 is 5.11 Å². The Hall–Kier alpha value is -1.32. The van der Waals surface area contributed by atoms with Gasteiger partial charge in [0.15, 0.2) is 0 Å². The van der Waals surface area contributed by atoms with Crippen molar-refractivity contribution in [1.29, 1.82) is 0 Å². The Morgan fingerprint density at radius 1 is 1.28 bits per heavy atom. The lowest BCUT2D eigenvalue weighted by atomic mass is 9.93. The standard InChI is InChI=1S/C14H17ClN2O/c1-14(2,3)13-6-7-17(16-13)12-8-11(15)5-4-10(12)9-18/h4-8,18H,9H2,1-3H3. The predicted molar refractivity (Wildman–Crippen MR) is 73.2 cm³/mol. The van der Waals surface area contributed by atoms with Crippen molar-refractivity contribution in [3.63, 3.8) is 0 Å². The van der Waals surface area contributed by atoms with Gasteiger partial charge in [0.1, 0.15) is 0 Å². The van der Waals surface area contributed by atoms with E-state index in [9.17, 15) is 5.11 Å². The van der Waals surface area contributed by atoms with E-state index >= 15 is 0 Å². The largest absolute Gasteiger partial charge is 0.392 e. The summed E-state index contributed by atoms with van der Waals surface area (Å²) in [6.45, 7) is 6.32. The van der Waals surface area contributed by atoms with Crippen LogP contribution < -0.4 is 0 Å². The van der Waals surface area contributed by atoms with E-state index in [4.69, 9.17) is 11.6 Å². The lowest BCUT2D eigenvalue weighted by molar-refractivity contribution is 0.281. The number of rotatable bonds is 2. The normalized spacial score (nSPS) is 11.8. The molecule has 1 heterocycles. The van der Waals surface area contributed by atoms with E-state index in [0.29, 0.717) is 5.02 Å². The van der Waals surface area contributed by atoms with Crippen LogP contribution in [0.25, 0.3) is 5.69 Å². The molecule has 0 amide bonds. The molecule has 0 radical (unpaired) electrons. The Labute approximate surface area is 112 Å². The summed E-state index contributed by atoms with van der Waals surface area (Å²) >= 11 is 6.00. The highest BCUT2D eigenvalue weighted by Gasteiger charge is 2.17. The molecule has 4 heteroatoms. The van der Waals surface area contributed by atoms with Crippen LogP contribution >= 0.6 is 11.6 Å². The monoisotopic (exact) mass is 264 g/mol. The maximum absolute atomic E-state index is 9.35. The van der Waals surface area contributed by atoms with Gasteiger partial charge in [-0.25, -0.2) is 4.68 Å². The molecule has 0 aliphatic rings.